The summed E-state index contributed by atoms with van der Waals surface area (Å²) in [6.07, 6.45) is 4.88. The van der Waals surface area contributed by atoms with Crippen LogP contribution in [0.1, 0.15) is 55.5 Å². The number of nitrogens with zero attached hydrogens (tertiary/aromatic N) is 3. The Bertz CT molecular complexity index is 580. The van der Waals surface area contributed by atoms with E-state index in [-0.39, 0.29) is 18.4 Å². The molecule has 1 atom stereocenters. The third-order valence-corrected chi connectivity index (χ3v) is 4.89. The van der Waals surface area contributed by atoms with Crippen LogP contribution in [0, 0.1) is 13.8 Å². The van der Waals surface area contributed by atoms with Gasteiger partial charge in [-0.1, -0.05) is 0 Å². The van der Waals surface area contributed by atoms with E-state index >= 15 is 0 Å². The lowest BCUT2D eigenvalue weighted by molar-refractivity contribution is -0.140. The Hall–Kier alpha value is -1.85. The molecule has 1 aromatic rings. The maximum Gasteiger partial charge on any atom is 0.303 e. The molecule has 1 N–H and O–H groups in total. The Morgan fingerprint density at radius 3 is 2.61 bits per heavy atom. The van der Waals surface area contributed by atoms with Crippen molar-refractivity contribution in [1.29, 1.82) is 0 Å². The minimum Gasteiger partial charge on any atom is -0.481 e. The van der Waals surface area contributed by atoms with Crippen LogP contribution < -0.4 is 0 Å². The Kier molecular flexibility index (Phi) is 5.80. The van der Waals surface area contributed by atoms with Crippen LogP contribution in [0.25, 0.3) is 0 Å². The van der Waals surface area contributed by atoms with Gasteiger partial charge in [0.2, 0.25) is 5.91 Å². The molecule has 1 aromatic heterocycles. The van der Waals surface area contributed by atoms with Crippen molar-refractivity contribution in [2.45, 2.75) is 64.8 Å². The molecule has 2 rings (SSSR count). The second-order valence-electron chi connectivity index (χ2n) is 6.44. The summed E-state index contributed by atoms with van der Waals surface area (Å²) in [5, 5.41) is 13.3. The van der Waals surface area contributed by atoms with Gasteiger partial charge in [0.25, 0.3) is 0 Å². The smallest absolute Gasteiger partial charge is 0.303 e. The first kappa shape index (κ1) is 17.5. The van der Waals surface area contributed by atoms with Crippen molar-refractivity contribution >= 4 is 11.9 Å². The zero-order valence-corrected chi connectivity index (χ0v) is 14.3. The van der Waals surface area contributed by atoms with Gasteiger partial charge in [-0.3, -0.25) is 14.3 Å². The highest BCUT2D eigenvalue weighted by atomic mass is 16.4. The summed E-state index contributed by atoms with van der Waals surface area (Å²) in [6, 6.07) is 0.0865. The number of carboxylic acid groups (broad SMARTS) is 1. The van der Waals surface area contributed by atoms with Crippen LogP contribution >= 0.6 is 0 Å². The van der Waals surface area contributed by atoms with Crippen molar-refractivity contribution < 1.29 is 14.7 Å². The molecule has 0 aliphatic carbocycles. The maximum atomic E-state index is 12.6. The molecule has 2 heterocycles. The first-order valence-electron chi connectivity index (χ1n) is 8.40. The summed E-state index contributed by atoms with van der Waals surface area (Å²) in [4.78, 5) is 25.3. The van der Waals surface area contributed by atoms with Crippen LogP contribution in [-0.2, 0) is 23.1 Å². The highest BCUT2D eigenvalue weighted by Gasteiger charge is 2.27. The van der Waals surface area contributed by atoms with Gasteiger partial charge in [0.15, 0.2) is 0 Å². The maximum absolute atomic E-state index is 12.6. The molecular weight excluding hydrogens is 294 g/mol. The number of hydrogen-bond acceptors (Lipinski definition) is 3. The lowest BCUT2D eigenvalue weighted by atomic mass is 9.97. The molecule has 6 nitrogen and oxygen atoms in total. The summed E-state index contributed by atoms with van der Waals surface area (Å²) in [5.74, 6) is -0.646. The SMILES string of the molecule is Cc1nn(C)c(C)c1CCC(=O)N1CCCCC1CCC(=O)O. The molecule has 1 aliphatic rings. The van der Waals surface area contributed by atoms with Gasteiger partial charge in [-0.2, -0.15) is 5.10 Å². The van der Waals surface area contributed by atoms with Gasteiger partial charge < -0.3 is 10.0 Å². The number of aromatic nitrogens is 2. The van der Waals surface area contributed by atoms with Gasteiger partial charge in [-0.05, 0) is 51.5 Å². The zero-order chi connectivity index (χ0) is 17.0. The molecule has 1 saturated heterocycles. The number of carbonyl (C=O) groups excluding carboxylic acids is 1. The van der Waals surface area contributed by atoms with Crippen LogP contribution in [0.3, 0.4) is 0 Å². The molecule has 1 unspecified atom stereocenters. The monoisotopic (exact) mass is 321 g/mol. The fourth-order valence-electron chi connectivity index (χ4n) is 3.47. The van der Waals surface area contributed by atoms with Crippen molar-refractivity contribution in [3.05, 3.63) is 17.0 Å². The summed E-state index contributed by atoms with van der Waals surface area (Å²) in [6.45, 7) is 4.76. The average molecular weight is 321 g/mol. The predicted molar refractivity (Wildman–Crippen MR) is 87.2 cm³/mol. The van der Waals surface area contributed by atoms with Gasteiger partial charge >= 0.3 is 5.97 Å². The lowest BCUT2D eigenvalue weighted by Crippen LogP contribution is -2.44. The fourth-order valence-corrected chi connectivity index (χ4v) is 3.47. The molecule has 0 aromatic carbocycles. The first-order valence-corrected chi connectivity index (χ1v) is 8.40. The number of rotatable bonds is 6. The van der Waals surface area contributed by atoms with Crippen molar-refractivity contribution in [1.82, 2.24) is 14.7 Å². The molecule has 0 radical (unpaired) electrons. The molecule has 23 heavy (non-hydrogen) atoms. The van der Waals surface area contributed by atoms with Gasteiger partial charge in [-0.15, -0.1) is 0 Å². The van der Waals surface area contributed by atoms with Crippen molar-refractivity contribution in [3.63, 3.8) is 0 Å². The van der Waals surface area contributed by atoms with Gasteiger partial charge in [0, 0.05) is 38.2 Å². The van der Waals surface area contributed by atoms with E-state index in [2.05, 4.69) is 5.10 Å². The van der Waals surface area contributed by atoms with E-state index in [1.54, 1.807) is 0 Å². The number of likely N-dealkylation sites (tertiary alicyclic amines) is 1. The fraction of sp³-hybridized carbons (Fsp3) is 0.706. The van der Waals surface area contributed by atoms with Crippen LogP contribution in [0.4, 0.5) is 0 Å². The van der Waals surface area contributed by atoms with Crippen LogP contribution in [0.15, 0.2) is 0 Å². The number of carbonyl (C=O) groups is 2. The van der Waals surface area contributed by atoms with Crippen LogP contribution in [0.5, 0.6) is 0 Å². The normalized spacial score (nSPS) is 18.2. The zero-order valence-electron chi connectivity index (χ0n) is 14.3. The lowest BCUT2D eigenvalue weighted by Gasteiger charge is -2.35. The minimum absolute atomic E-state index is 0.0865. The summed E-state index contributed by atoms with van der Waals surface area (Å²) in [5.41, 5.74) is 3.25. The highest BCUT2D eigenvalue weighted by Crippen LogP contribution is 2.23. The van der Waals surface area contributed by atoms with Crippen LogP contribution in [0.2, 0.25) is 0 Å². The van der Waals surface area contributed by atoms with E-state index in [1.807, 2.05) is 30.5 Å². The molecule has 1 aliphatic heterocycles. The number of amides is 1. The number of carboxylic acids is 1. The summed E-state index contributed by atoms with van der Waals surface area (Å²) in [7, 11) is 1.92. The standard InChI is InChI=1S/C17H27N3O3/c1-12-15(13(2)19(3)18-12)8-9-16(21)20-11-5-4-6-14(20)7-10-17(22)23/h14H,4-11H2,1-3H3,(H,22,23). The molecule has 6 heteroatoms. The Balaban J connectivity index is 1.96. The van der Waals surface area contributed by atoms with Crippen molar-refractivity contribution in [3.8, 4) is 0 Å². The molecule has 128 valence electrons. The van der Waals surface area contributed by atoms with E-state index in [9.17, 15) is 9.59 Å². The number of aliphatic carboxylic acids is 1. The highest BCUT2D eigenvalue weighted by molar-refractivity contribution is 5.77. The molecule has 0 saturated carbocycles. The summed E-state index contributed by atoms with van der Waals surface area (Å²) >= 11 is 0. The summed E-state index contributed by atoms with van der Waals surface area (Å²) < 4.78 is 1.85. The largest absolute Gasteiger partial charge is 0.481 e. The predicted octanol–water partition coefficient (Wildman–Crippen LogP) is 2.22. The van der Waals surface area contributed by atoms with E-state index < -0.39 is 5.97 Å². The van der Waals surface area contributed by atoms with Gasteiger partial charge in [-0.25, -0.2) is 0 Å². The quantitative estimate of drug-likeness (QED) is 0.871. The number of aryl methyl sites for hydroxylation is 2. The van der Waals surface area contributed by atoms with Crippen molar-refractivity contribution in [2.24, 2.45) is 7.05 Å². The first-order chi connectivity index (χ1) is 10.9. The molecule has 0 spiro atoms. The third kappa shape index (κ3) is 4.33. The van der Waals surface area contributed by atoms with Gasteiger partial charge in [0.05, 0.1) is 5.69 Å². The molecule has 1 amide bonds. The molecule has 1 fully saturated rings. The molecule has 0 bridgehead atoms. The average Bonchev–Trinajstić information content (AvgIpc) is 2.76. The van der Waals surface area contributed by atoms with Gasteiger partial charge in [0.1, 0.15) is 0 Å². The topological polar surface area (TPSA) is 75.4 Å². The Labute approximate surface area is 137 Å². The van der Waals surface area contributed by atoms with E-state index in [1.165, 1.54) is 0 Å². The number of piperidine rings is 1. The minimum atomic E-state index is -0.787. The van der Waals surface area contributed by atoms with E-state index in [4.69, 9.17) is 5.11 Å². The van der Waals surface area contributed by atoms with Crippen LogP contribution in [-0.4, -0.2) is 44.3 Å². The van der Waals surface area contributed by atoms with E-state index in [0.29, 0.717) is 19.3 Å². The second kappa shape index (κ2) is 7.62. The Morgan fingerprint density at radius 1 is 1.26 bits per heavy atom. The third-order valence-electron chi connectivity index (χ3n) is 4.89. The number of hydrogen-bond donors (Lipinski definition) is 1. The van der Waals surface area contributed by atoms with E-state index in [0.717, 1.165) is 42.8 Å². The Morgan fingerprint density at radius 2 is 2.00 bits per heavy atom. The van der Waals surface area contributed by atoms with Crippen molar-refractivity contribution in [2.75, 3.05) is 6.54 Å². The molecular formula is C17H27N3O3. The second-order valence-corrected chi connectivity index (χ2v) is 6.44.